The summed E-state index contributed by atoms with van der Waals surface area (Å²) in [4.78, 5) is 12.8. The van der Waals surface area contributed by atoms with Crippen LogP contribution in [0.25, 0.3) is 21.1 Å². The third-order valence-corrected chi connectivity index (χ3v) is 5.92. The van der Waals surface area contributed by atoms with E-state index in [2.05, 4.69) is 27.6 Å². The summed E-state index contributed by atoms with van der Waals surface area (Å²) in [6, 6.07) is 23.8. The number of nitrogens with one attached hydrogen (secondary N) is 2. The molecular formula is C25H21N5OS. The SMILES string of the molecule is CCOc1ccc(N=C(NN=Cc2c[nH]c3ccccc23)c2nc3ccccc3s2)cc1. The van der Waals surface area contributed by atoms with Crippen LogP contribution in [0.1, 0.15) is 17.5 Å². The Morgan fingerprint density at radius 2 is 1.88 bits per heavy atom. The van der Waals surface area contributed by atoms with Crippen LogP contribution in [0.5, 0.6) is 5.75 Å². The van der Waals surface area contributed by atoms with Crippen molar-refractivity contribution in [1.29, 1.82) is 0 Å². The van der Waals surface area contributed by atoms with E-state index in [0.29, 0.717) is 12.4 Å². The highest BCUT2D eigenvalue weighted by molar-refractivity contribution is 7.20. The average Bonchev–Trinajstić information content (AvgIpc) is 3.44. The minimum absolute atomic E-state index is 0.589. The number of para-hydroxylation sites is 2. The van der Waals surface area contributed by atoms with Gasteiger partial charge in [-0.1, -0.05) is 30.3 Å². The van der Waals surface area contributed by atoms with Crippen molar-refractivity contribution in [1.82, 2.24) is 15.4 Å². The zero-order chi connectivity index (χ0) is 21.8. The maximum atomic E-state index is 5.53. The molecule has 6 nitrogen and oxygen atoms in total. The molecule has 0 saturated heterocycles. The second kappa shape index (κ2) is 9.03. The predicted molar refractivity (Wildman–Crippen MR) is 132 cm³/mol. The van der Waals surface area contributed by atoms with E-state index in [4.69, 9.17) is 14.7 Å². The van der Waals surface area contributed by atoms with Gasteiger partial charge in [0.1, 0.15) is 5.75 Å². The average molecular weight is 440 g/mol. The van der Waals surface area contributed by atoms with Gasteiger partial charge < -0.3 is 9.72 Å². The fourth-order valence-electron chi connectivity index (χ4n) is 3.37. The highest BCUT2D eigenvalue weighted by Crippen LogP contribution is 2.24. The number of nitrogens with zero attached hydrogens (tertiary/aromatic N) is 3. The number of H-pyrrole nitrogens is 1. The standard InChI is InChI=1S/C25H21N5OS/c1-2-31-19-13-11-18(12-14-19)28-24(25-29-22-9-5-6-10-23(22)32-25)30-27-16-17-15-26-21-8-4-3-7-20(17)21/h3-16,26H,2H2,1H3,(H,28,30). The van der Waals surface area contributed by atoms with E-state index in [9.17, 15) is 0 Å². The molecule has 0 radical (unpaired) electrons. The number of hydrazone groups is 1. The summed E-state index contributed by atoms with van der Waals surface area (Å²) in [6.45, 7) is 2.59. The van der Waals surface area contributed by atoms with Crippen LogP contribution in [0, 0.1) is 0 Å². The minimum atomic E-state index is 0.589. The number of aromatic amines is 1. The van der Waals surface area contributed by atoms with Crippen LogP contribution < -0.4 is 10.2 Å². The summed E-state index contributed by atoms with van der Waals surface area (Å²) in [5, 5.41) is 6.36. The lowest BCUT2D eigenvalue weighted by Gasteiger charge is -2.05. The van der Waals surface area contributed by atoms with Crippen LogP contribution in [0.3, 0.4) is 0 Å². The molecule has 5 rings (SSSR count). The van der Waals surface area contributed by atoms with E-state index in [1.165, 1.54) is 0 Å². The Morgan fingerprint density at radius 1 is 1.06 bits per heavy atom. The number of rotatable bonds is 6. The minimum Gasteiger partial charge on any atom is -0.494 e. The molecule has 7 heteroatoms. The first-order chi connectivity index (χ1) is 15.8. The molecule has 0 aliphatic rings. The van der Waals surface area contributed by atoms with E-state index >= 15 is 0 Å². The molecule has 2 N–H and O–H groups in total. The molecule has 0 amide bonds. The van der Waals surface area contributed by atoms with Gasteiger partial charge in [0.15, 0.2) is 10.8 Å². The van der Waals surface area contributed by atoms with Crippen LogP contribution >= 0.6 is 11.3 Å². The van der Waals surface area contributed by atoms with E-state index in [1.807, 2.05) is 73.8 Å². The summed E-state index contributed by atoms with van der Waals surface area (Å²) in [6.07, 6.45) is 3.73. The van der Waals surface area contributed by atoms with E-state index in [1.54, 1.807) is 17.6 Å². The second-order valence-electron chi connectivity index (χ2n) is 7.03. The Kier molecular flexibility index (Phi) is 5.63. The zero-order valence-corrected chi connectivity index (χ0v) is 18.3. The molecule has 0 bridgehead atoms. The van der Waals surface area contributed by atoms with Gasteiger partial charge in [-0.2, -0.15) is 5.10 Å². The monoisotopic (exact) mass is 439 g/mol. The number of aromatic nitrogens is 2. The van der Waals surface area contributed by atoms with Gasteiger partial charge in [0.2, 0.25) is 0 Å². The molecule has 0 atom stereocenters. The molecular weight excluding hydrogens is 418 g/mol. The zero-order valence-electron chi connectivity index (χ0n) is 17.4. The summed E-state index contributed by atoms with van der Waals surface area (Å²) < 4.78 is 6.63. The number of thiazole rings is 1. The van der Waals surface area contributed by atoms with E-state index < -0.39 is 0 Å². The molecule has 0 fully saturated rings. The van der Waals surface area contributed by atoms with Crippen molar-refractivity contribution in [3.05, 3.63) is 89.6 Å². The van der Waals surface area contributed by atoms with Crippen molar-refractivity contribution in [3.63, 3.8) is 0 Å². The highest BCUT2D eigenvalue weighted by atomic mass is 32.1. The van der Waals surface area contributed by atoms with E-state index in [-0.39, 0.29) is 0 Å². The summed E-state index contributed by atoms with van der Waals surface area (Å²) in [5.74, 6) is 1.41. The van der Waals surface area contributed by atoms with Crippen LogP contribution in [0.4, 0.5) is 5.69 Å². The second-order valence-corrected chi connectivity index (χ2v) is 8.06. The van der Waals surface area contributed by atoms with Crippen molar-refractivity contribution in [2.75, 3.05) is 6.61 Å². The number of ether oxygens (including phenoxy) is 1. The molecule has 5 aromatic rings. The van der Waals surface area contributed by atoms with Crippen molar-refractivity contribution in [2.45, 2.75) is 6.92 Å². The van der Waals surface area contributed by atoms with Gasteiger partial charge in [-0.15, -0.1) is 11.3 Å². The summed E-state index contributed by atoms with van der Waals surface area (Å²) in [5.41, 5.74) is 6.91. The number of hydrogen-bond acceptors (Lipinski definition) is 5. The Labute approximate surface area is 189 Å². The normalized spacial score (nSPS) is 12.1. The van der Waals surface area contributed by atoms with Gasteiger partial charge in [-0.25, -0.2) is 9.98 Å². The Hall–Kier alpha value is -3.97. The topological polar surface area (TPSA) is 74.7 Å². The highest BCUT2D eigenvalue weighted by Gasteiger charge is 2.11. The lowest BCUT2D eigenvalue weighted by molar-refractivity contribution is 0.340. The lowest BCUT2D eigenvalue weighted by atomic mass is 10.2. The van der Waals surface area contributed by atoms with Gasteiger partial charge in [-0.05, 0) is 49.4 Å². The first kappa shape index (κ1) is 20.0. The van der Waals surface area contributed by atoms with Crippen LogP contribution in [-0.4, -0.2) is 28.6 Å². The molecule has 3 aromatic carbocycles. The number of amidine groups is 1. The molecule has 2 aromatic heterocycles. The van der Waals surface area contributed by atoms with Gasteiger partial charge in [-0.3, -0.25) is 5.43 Å². The Morgan fingerprint density at radius 3 is 2.72 bits per heavy atom. The lowest BCUT2D eigenvalue weighted by Crippen LogP contribution is -2.18. The first-order valence-electron chi connectivity index (χ1n) is 10.3. The first-order valence-corrected chi connectivity index (χ1v) is 11.1. The number of benzene rings is 3. The summed E-state index contributed by atoms with van der Waals surface area (Å²) >= 11 is 1.58. The molecule has 0 spiro atoms. The van der Waals surface area contributed by atoms with Gasteiger partial charge >= 0.3 is 0 Å². The fraction of sp³-hybridized carbons (Fsp3) is 0.0800. The fourth-order valence-corrected chi connectivity index (χ4v) is 4.28. The quantitative estimate of drug-likeness (QED) is 0.197. The number of hydrogen-bond donors (Lipinski definition) is 2. The van der Waals surface area contributed by atoms with Crippen molar-refractivity contribution in [2.24, 2.45) is 10.1 Å². The third kappa shape index (κ3) is 4.24. The number of aliphatic imine (C=N–C) groups is 1. The summed E-state index contributed by atoms with van der Waals surface area (Å²) in [7, 11) is 0. The largest absolute Gasteiger partial charge is 0.494 e. The molecule has 0 saturated carbocycles. The van der Waals surface area contributed by atoms with Crippen LogP contribution in [0.15, 0.2) is 89.1 Å². The third-order valence-electron chi connectivity index (χ3n) is 4.88. The van der Waals surface area contributed by atoms with Crippen LogP contribution in [-0.2, 0) is 0 Å². The molecule has 0 unspecified atom stereocenters. The van der Waals surface area contributed by atoms with Crippen molar-refractivity contribution < 1.29 is 4.74 Å². The molecule has 32 heavy (non-hydrogen) atoms. The Bertz CT molecular complexity index is 1380. The maximum Gasteiger partial charge on any atom is 0.183 e. The smallest absolute Gasteiger partial charge is 0.183 e. The van der Waals surface area contributed by atoms with Gasteiger partial charge in [0.05, 0.1) is 28.7 Å². The van der Waals surface area contributed by atoms with E-state index in [0.717, 1.165) is 43.1 Å². The van der Waals surface area contributed by atoms with Crippen molar-refractivity contribution in [3.8, 4) is 5.75 Å². The van der Waals surface area contributed by atoms with Crippen molar-refractivity contribution >= 4 is 50.2 Å². The maximum absolute atomic E-state index is 5.53. The molecule has 158 valence electrons. The number of fused-ring (bicyclic) bond motifs is 2. The Balaban J connectivity index is 1.47. The van der Waals surface area contributed by atoms with Crippen LogP contribution in [0.2, 0.25) is 0 Å². The molecule has 0 aliphatic heterocycles. The predicted octanol–water partition coefficient (Wildman–Crippen LogP) is 5.88. The molecule has 0 aliphatic carbocycles. The van der Waals surface area contributed by atoms with Gasteiger partial charge in [0.25, 0.3) is 0 Å². The molecule has 2 heterocycles. The van der Waals surface area contributed by atoms with Gasteiger partial charge in [0, 0.05) is 22.7 Å².